The van der Waals surface area contributed by atoms with Crippen molar-refractivity contribution in [3.63, 3.8) is 0 Å². The summed E-state index contributed by atoms with van der Waals surface area (Å²) in [6.45, 7) is 0.210. The first-order valence-corrected chi connectivity index (χ1v) is 9.18. The molecule has 1 N–H and O–H groups in total. The molecule has 1 fully saturated rings. The highest BCUT2D eigenvalue weighted by molar-refractivity contribution is 5.78. The standard InChI is InChI=1S/C22H17FN4O2/c23-15-6-4-14(5-7-15)17-11-20(19-3-1-2-10-25-19)27-22(18(17)12-24)29-13-16-8-9-21(28)26-16/h1-7,10-11,16H,8-9,13H2,(H,26,28). The minimum atomic E-state index is -0.361. The number of carbonyl (C=O) groups excluding carboxylic acids is 1. The lowest BCUT2D eigenvalue weighted by molar-refractivity contribution is -0.119. The van der Waals surface area contributed by atoms with Crippen molar-refractivity contribution in [2.75, 3.05) is 6.61 Å². The molecule has 0 radical (unpaired) electrons. The number of rotatable bonds is 5. The zero-order chi connectivity index (χ0) is 20.2. The Morgan fingerprint density at radius 2 is 2.03 bits per heavy atom. The SMILES string of the molecule is N#Cc1c(-c2ccc(F)cc2)cc(-c2ccccn2)nc1OCC1CCC(=O)N1. The van der Waals surface area contributed by atoms with E-state index in [9.17, 15) is 14.4 Å². The molecule has 6 nitrogen and oxygen atoms in total. The minimum Gasteiger partial charge on any atom is -0.475 e. The molecule has 29 heavy (non-hydrogen) atoms. The number of hydrogen-bond acceptors (Lipinski definition) is 5. The summed E-state index contributed by atoms with van der Waals surface area (Å²) < 4.78 is 19.2. The zero-order valence-electron chi connectivity index (χ0n) is 15.4. The summed E-state index contributed by atoms with van der Waals surface area (Å²) in [6, 6.07) is 15.1. The summed E-state index contributed by atoms with van der Waals surface area (Å²) >= 11 is 0. The summed E-state index contributed by atoms with van der Waals surface area (Å²) in [5.74, 6) is -0.211. The van der Waals surface area contributed by atoms with Gasteiger partial charge in [0.25, 0.3) is 0 Å². The second-order valence-electron chi connectivity index (χ2n) is 6.68. The largest absolute Gasteiger partial charge is 0.475 e. The lowest BCUT2D eigenvalue weighted by Gasteiger charge is -2.15. The Kier molecular flexibility index (Phi) is 5.16. The maximum atomic E-state index is 13.4. The van der Waals surface area contributed by atoms with Gasteiger partial charge in [-0.3, -0.25) is 9.78 Å². The molecule has 0 saturated carbocycles. The third-order valence-corrected chi connectivity index (χ3v) is 4.69. The second-order valence-corrected chi connectivity index (χ2v) is 6.68. The van der Waals surface area contributed by atoms with Crippen molar-refractivity contribution in [3.8, 4) is 34.5 Å². The fourth-order valence-corrected chi connectivity index (χ4v) is 3.22. The topological polar surface area (TPSA) is 87.9 Å². The van der Waals surface area contributed by atoms with Gasteiger partial charge in [-0.05, 0) is 42.3 Å². The second kappa shape index (κ2) is 8.07. The Labute approximate surface area is 167 Å². The van der Waals surface area contributed by atoms with Crippen LogP contribution in [0.2, 0.25) is 0 Å². The normalized spacial score (nSPS) is 15.6. The van der Waals surface area contributed by atoms with Crippen LogP contribution in [0.5, 0.6) is 5.88 Å². The van der Waals surface area contributed by atoms with Gasteiger partial charge >= 0.3 is 0 Å². The maximum absolute atomic E-state index is 13.4. The van der Waals surface area contributed by atoms with Crippen LogP contribution in [0.25, 0.3) is 22.5 Å². The van der Waals surface area contributed by atoms with E-state index in [1.54, 1.807) is 30.5 Å². The van der Waals surface area contributed by atoms with Crippen LogP contribution < -0.4 is 10.1 Å². The number of pyridine rings is 2. The van der Waals surface area contributed by atoms with Crippen LogP contribution in [-0.4, -0.2) is 28.5 Å². The summed E-state index contributed by atoms with van der Waals surface area (Å²) in [4.78, 5) is 20.2. The molecule has 3 heterocycles. The number of benzene rings is 1. The number of nitrogens with one attached hydrogen (secondary N) is 1. The molecule has 3 aromatic rings. The van der Waals surface area contributed by atoms with Gasteiger partial charge in [-0.1, -0.05) is 18.2 Å². The van der Waals surface area contributed by atoms with Crippen molar-refractivity contribution in [1.29, 1.82) is 5.26 Å². The number of ether oxygens (including phenoxy) is 1. The number of halogens is 1. The van der Waals surface area contributed by atoms with Crippen LogP contribution in [0.1, 0.15) is 18.4 Å². The van der Waals surface area contributed by atoms with Crippen molar-refractivity contribution in [1.82, 2.24) is 15.3 Å². The van der Waals surface area contributed by atoms with Gasteiger partial charge in [0.1, 0.15) is 24.1 Å². The number of nitriles is 1. The molecule has 1 aliphatic heterocycles. The van der Waals surface area contributed by atoms with Crippen molar-refractivity contribution in [2.24, 2.45) is 0 Å². The number of hydrogen-bond donors (Lipinski definition) is 1. The Morgan fingerprint density at radius 1 is 1.21 bits per heavy atom. The van der Waals surface area contributed by atoms with E-state index < -0.39 is 0 Å². The molecule has 1 aliphatic rings. The van der Waals surface area contributed by atoms with Crippen LogP contribution >= 0.6 is 0 Å². The van der Waals surface area contributed by atoms with Gasteiger partial charge in [0.2, 0.25) is 11.8 Å². The average molecular weight is 388 g/mol. The molecular formula is C22H17FN4O2. The van der Waals surface area contributed by atoms with Crippen molar-refractivity contribution < 1.29 is 13.9 Å². The van der Waals surface area contributed by atoms with Crippen LogP contribution in [0, 0.1) is 17.1 Å². The third-order valence-electron chi connectivity index (χ3n) is 4.69. The molecule has 7 heteroatoms. The van der Waals surface area contributed by atoms with Gasteiger partial charge in [0.05, 0.1) is 17.4 Å². The molecule has 0 bridgehead atoms. The molecule has 1 atom stereocenters. The molecular weight excluding hydrogens is 371 g/mol. The summed E-state index contributed by atoms with van der Waals surface area (Å²) in [7, 11) is 0. The van der Waals surface area contributed by atoms with Gasteiger partial charge in [0.15, 0.2) is 0 Å². The lowest BCUT2D eigenvalue weighted by Crippen LogP contribution is -2.31. The molecule has 1 saturated heterocycles. The molecule has 0 aliphatic carbocycles. The summed E-state index contributed by atoms with van der Waals surface area (Å²) in [5.41, 5.74) is 2.66. The van der Waals surface area contributed by atoms with Crippen molar-refractivity contribution >= 4 is 5.91 Å². The fraction of sp³-hybridized carbons (Fsp3) is 0.182. The van der Waals surface area contributed by atoms with Crippen LogP contribution in [0.4, 0.5) is 4.39 Å². The van der Waals surface area contributed by atoms with E-state index in [1.807, 2.05) is 12.1 Å². The van der Waals surface area contributed by atoms with Gasteiger partial charge in [-0.25, -0.2) is 9.37 Å². The monoisotopic (exact) mass is 388 g/mol. The predicted molar refractivity (Wildman–Crippen MR) is 104 cm³/mol. The lowest BCUT2D eigenvalue weighted by atomic mass is 10.00. The molecule has 1 aromatic carbocycles. The number of carbonyl (C=O) groups is 1. The third kappa shape index (κ3) is 4.06. The molecule has 1 unspecified atom stereocenters. The van der Waals surface area contributed by atoms with Gasteiger partial charge in [-0.15, -0.1) is 0 Å². The van der Waals surface area contributed by atoms with E-state index in [1.165, 1.54) is 12.1 Å². The van der Waals surface area contributed by atoms with Crippen LogP contribution in [0.15, 0.2) is 54.7 Å². The van der Waals surface area contributed by atoms with E-state index >= 15 is 0 Å². The van der Waals surface area contributed by atoms with E-state index in [2.05, 4.69) is 21.4 Å². The highest BCUT2D eigenvalue weighted by Crippen LogP contribution is 2.33. The van der Waals surface area contributed by atoms with Crippen LogP contribution in [0.3, 0.4) is 0 Å². The highest BCUT2D eigenvalue weighted by atomic mass is 19.1. The molecule has 4 rings (SSSR count). The van der Waals surface area contributed by atoms with Gasteiger partial charge < -0.3 is 10.1 Å². The molecule has 1 amide bonds. The van der Waals surface area contributed by atoms with E-state index in [0.717, 1.165) is 0 Å². The Bertz CT molecular complexity index is 1080. The Morgan fingerprint density at radius 3 is 2.69 bits per heavy atom. The van der Waals surface area contributed by atoms with Gasteiger partial charge in [0, 0.05) is 18.2 Å². The van der Waals surface area contributed by atoms with E-state index in [-0.39, 0.29) is 35.8 Å². The first-order chi connectivity index (χ1) is 14.1. The minimum absolute atomic E-state index is 0.0127. The van der Waals surface area contributed by atoms with Gasteiger partial charge in [-0.2, -0.15) is 5.26 Å². The number of nitrogens with zero attached hydrogens (tertiary/aromatic N) is 3. The predicted octanol–water partition coefficient (Wildman–Crippen LogP) is 3.48. The number of aromatic nitrogens is 2. The Balaban J connectivity index is 1.77. The first kappa shape index (κ1) is 18.6. The molecule has 2 aromatic heterocycles. The molecule has 0 spiro atoms. The molecule has 144 valence electrons. The zero-order valence-corrected chi connectivity index (χ0v) is 15.4. The highest BCUT2D eigenvalue weighted by Gasteiger charge is 2.23. The van der Waals surface area contributed by atoms with E-state index in [4.69, 9.17) is 4.74 Å². The summed E-state index contributed by atoms with van der Waals surface area (Å²) in [5, 5.41) is 12.6. The number of amides is 1. The smallest absolute Gasteiger partial charge is 0.233 e. The van der Waals surface area contributed by atoms with Crippen LogP contribution in [-0.2, 0) is 4.79 Å². The van der Waals surface area contributed by atoms with E-state index in [0.29, 0.717) is 35.4 Å². The van der Waals surface area contributed by atoms with Crippen molar-refractivity contribution in [2.45, 2.75) is 18.9 Å². The summed E-state index contributed by atoms with van der Waals surface area (Å²) in [6.07, 6.45) is 2.79. The Hall–Kier alpha value is -3.79. The average Bonchev–Trinajstić information content (AvgIpc) is 3.18. The first-order valence-electron chi connectivity index (χ1n) is 9.18. The maximum Gasteiger partial charge on any atom is 0.233 e. The quantitative estimate of drug-likeness (QED) is 0.723. The van der Waals surface area contributed by atoms with Crippen molar-refractivity contribution in [3.05, 3.63) is 66.1 Å². The fourth-order valence-electron chi connectivity index (χ4n) is 3.22.